The summed E-state index contributed by atoms with van der Waals surface area (Å²) < 4.78 is 11.2. The van der Waals surface area contributed by atoms with E-state index in [1.54, 1.807) is 0 Å². The highest BCUT2D eigenvalue weighted by molar-refractivity contribution is 5.80. The Morgan fingerprint density at radius 2 is 0.862 bits per heavy atom. The molecule has 58 heavy (non-hydrogen) atoms. The van der Waals surface area contributed by atoms with Crippen LogP contribution in [0.3, 0.4) is 0 Å². The largest absolute Gasteiger partial charge is 0.394 e. The summed E-state index contributed by atoms with van der Waals surface area (Å²) in [6, 6.07) is -0.887. The maximum atomic E-state index is 13.1. The maximum Gasteiger partial charge on any atom is 0.249 e. The van der Waals surface area contributed by atoms with Gasteiger partial charge in [-0.2, -0.15) is 0 Å². The minimum atomic E-state index is -1.59. The zero-order valence-corrected chi connectivity index (χ0v) is 37.7. The first kappa shape index (κ1) is 55.2. The average Bonchev–Trinajstić information content (AvgIpc) is 3.22. The van der Waals surface area contributed by atoms with E-state index in [1.807, 2.05) is 0 Å². The Morgan fingerprint density at radius 3 is 1.22 bits per heavy atom. The molecular weight excluding hydrogens is 735 g/mol. The Morgan fingerprint density at radius 1 is 0.517 bits per heavy atom. The van der Waals surface area contributed by atoms with Crippen molar-refractivity contribution < 1.29 is 44.9 Å². The number of hydrogen-bond donors (Lipinski definition) is 7. The Bertz CT molecular complexity index is 895. The van der Waals surface area contributed by atoms with Crippen LogP contribution in [0.15, 0.2) is 0 Å². The van der Waals surface area contributed by atoms with Crippen molar-refractivity contribution in [2.45, 2.75) is 288 Å². The van der Waals surface area contributed by atoms with Crippen molar-refractivity contribution in [3.8, 4) is 0 Å². The van der Waals surface area contributed by atoms with Crippen LogP contribution in [0.4, 0.5) is 0 Å². The molecule has 1 rings (SSSR count). The molecule has 1 aliphatic rings. The normalized spacial score (nSPS) is 21.3. The topological polar surface area (TPSA) is 169 Å². The lowest BCUT2D eigenvalue weighted by Gasteiger charge is -2.40. The van der Waals surface area contributed by atoms with E-state index in [1.165, 1.54) is 167 Å². The summed E-state index contributed by atoms with van der Waals surface area (Å²) in [7, 11) is 0. The van der Waals surface area contributed by atoms with E-state index in [0.29, 0.717) is 12.8 Å². The number of hydrogen-bond acceptors (Lipinski definition) is 9. The molecule has 0 unspecified atom stereocenters. The fraction of sp³-hybridized carbons (Fsp3) is 0.979. The van der Waals surface area contributed by atoms with Crippen molar-refractivity contribution in [3.63, 3.8) is 0 Å². The molecule has 346 valence electrons. The standard InChI is InChI=1S/C48H95NO9/c1-3-5-7-9-11-13-15-17-18-19-20-21-22-23-25-27-29-31-33-35-37-42(52)47(56)49-40(39-57-48-46(55)45(54)44(53)43(38-50)58-48)41(51)36-34-32-30-28-26-24-16-14-12-10-8-6-4-2/h40-46,48,50-55H,3-39H2,1-2H3,(H,49,56)/t40-,41+,42+,43-,44-,45-,46-,48-/m0/s1. The van der Waals surface area contributed by atoms with Gasteiger partial charge in [-0.15, -0.1) is 0 Å². The molecule has 1 aliphatic heterocycles. The van der Waals surface area contributed by atoms with Gasteiger partial charge in [0.2, 0.25) is 5.91 Å². The summed E-state index contributed by atoms with van der Waals surface area (Å²) in [5.74, 6) is -0.579. The SMILES string of the molecule is CCCCCCCCCCCCCCCCCCCCCC[C@@H](O)C(=O)N[C@@H](CO[C@H]1O[C@@H](CO)[C@H](O)[C@H](O)[C@@H]1O)[C@H](O)CCCCCCCCCCCCCCC. The molecule has 1 fully saturated rings. The Hall–Kier alpha value is -0.850. The average molecular weight is 830 g/mol. The number of ether oxygens (including phenoxy) is 2. The summed E-state index contributed by atoms with van der Waals surface area (Å²) >= 11 is 0. The molecular formula is C48H95NO9. The Balaban J connectivity index is 2.31. The van der Waals surface area contributed by atoms with E-state index in [2.05, 4.69) is 19.2 Å². The quantitative estimate of drug-likeness (QED) is 0.0296. The van der Waals surface area contributed by atoms with Crippen LogP contribution in [0.2, 0.25) is 0 Å². The van der Waals surface area contributed by atoms with Crippen LogP contribution in [-0.4, -0.2) is 98.7 Å². The second-order valence-electron chi connectivity index (χ2n) is 17.8. The molecule has 0 saturated carbocycles. The predicted octanol–water partition coefficient (Wildman–Crippen LogP) is 9.70. The highest BCUT2D eigenvalue weighted by Gasteiger charge is 2.44. The van der Waals surface area contributed by atoms with E-state index in [9.17, 15) is 35.4 Å². The molecule has 0 aromatic heterocycles. The van der Waals surface area contributed by atoms with Gasteiger partial charge in [0.25, 0.3) is 0 Å². The van der Waals surface area contributed by atoms with Crippen LogP contribution >= 0.6 is 0 Å². The number of nitrogens with one attached hydrogen (secondary N) is 1. The third-order valence-corrected chi connectivity index (χ3v) is 12.3. The monoisotopic (exact) mass is 830 g/mol. The molecule has 0 aromatic carbocycles. The first-order chi connectivity index (χ1) is 28.3. The summed E-state index contributed by atoms with van der Waals surface area (Å²) in [4.78, 5) is 13.1. The fourth-order valence-electron chi connectivity index (χ4n) is 8.23. The number of unbranched alkanes of at least 4 members (excludes halogenated alkanes) is 31. The highest BCUT2D eigenvalue weighted by Crippen LogP contribution is 2.23. The zero-order chi connectivity index (χ0) is 42.5. The minimum Gasteiger partial charge on any atom is -0.394 e. The fourth-order valence-corrected chi connectivity index (χ4v) is 8.23. The molecule has 1 heterocycles. The van der Waals surface area contributed by atoms with Crippen LogP contribution in [0.1, 0.15) is 239 Å². The van der Waals surface area contributed by atoms with Crippen LogP contribution in [0, 0.1) is 0 Å². The number of rotatable bonds is 42. The van der Waals surface area contributed by atoms with Crippen molar-refractivity contribution in [1.29, 1.82) is 0 Å². The molecule has 10 heteroatoms. The van der Waals surface area contributed by atoms with Gasteiger partial charge in [-0.3, -0.25) is 4.79 Å². The van der Waals surface area contributed by atoms with Gasteiger partial charge in [0, 0.05) is 0 Å². The third kappa shape index (κ3) is 28.6. The van der Waals surface area contributed by atoms with E-state index in [-0.39, 0.29) is 6.61 Å². The first-order valence-electron chi connectivity index (χ1n) is 24.8. The van der Waals surface area contributed by atoms with Crippen LogP contribution in [0.5, 0.6) is 0 Å². The molecule has 10 nitrogen and oxygen atoms in total. The number of carbonyl (C=O) groups is 1. The Kier molecular flexibility index (Phi) is 37.1. The van der Waals surface area contributed by atoms with Gasteiger partial charge in [0.15, 0.2) is 6.29 Å². The molecule has 1 amide bonds. The summed E-state index contributed by atoms with van der Waals surface area (Å²) in [5.41, 5.74) is 0. The van der Waals surface area contributed by atoms with Gasteiger partial charge in [0.05, 0.1) is 25.4 Å². The van der Waals surface area contributed by atoms with Gasteiger partial charge < -0.3 is 45.4 Å². The second kappa shape index (κ2) is 39.0. The van der Waals surface area contributed by atoms with Gasteiger partial charge in [0.1, 0.15) is 30.5 Å². The molecule has 7 N–H and O–H groups in total. The smallest absolute Gasteiger partial charge is 0.249 e. The van der Waals surface area contributed by atoms with Crippen LogP contribution in [0.25, 0.3) is 0 Å². The first-order valence-corrected chi connectivity index (χ1v) is 24.8. The lowest BCUT2D eigenvalue weighted by molar-refractivity contribution is -0.302. The summed E-state index contributed by atoms with van der Waals surface area (Å²) in [6.45, 7) is 3.69. The van der Waals surface area contributed by atoms with E-state index < -0.39 is 61.5 Å². The predicted molar refractivity (Wildman–Crippen MR) is 237 cm³/mol. The van der Waals surface area contributed by atoms with Crippen molar-refractivity contribution in [3.05, 3.63) is 0 Å². The second-order valence-corrected chi connectivity index (χ2v) is 17.8. The van der Waals surface area contributed by atoms with E-state index in [0.717, 1.165) is 44.9 Å². The summed E-state index contributed by atoms with van der Waals surface area (Å²) in [5, 5.41) is 64.9. The molecule has 8 atom stereocenters. The van der Waals surface area contributed by atoms with Crippen molar-refractivity contribution in [2.24, 2.45) is 0 Å². The molecule has 0 radical (unpaired) electrons. The van der Waals surface area contributed by atoms with Gasteiger partial charge >= 0.3 is 0 Å². The van der Waals surface area contributed by atoms with Gasteiger partial charge in [-0.05, 0) is 12.8 Å². The number of aliphatic hydroxyl groups is 6. The molecule has 0 bridgehead atoms. The number of amides is 1. The minimum absolute atomic E-state index is 0.250. The molecule has 0 spiro atoms. The van der Waals surface area contributed by atoms with Crippen molar-refractivity contribution in [2.75, 3.05) is 13.2 Å². The molecule has 0 aromatic rings. The van der Waals surface area contributed by atoms with E-state index >= 15 is 0 Å². The lowest BCUT2D eigenvalue weighted by atomic mass is 9.99. The molecule has 1 saturated heterocycles. The van der Waals surface area contributed by atoms with Crippen LogP contribution < -0.4 is 5.32 Å². The zero-order valence-electron chi connectivity index (χ0n) is 37.7. The highest BCUT2D eigenvalue weighted by atomic mass is 16.7. The Labute approximate surface area is 356 Å². The lowest BCUT2D eigenvalue weighted by Crippen LogP contribution is -2.60. The number of aliphatic hydroxyl groups excluding tert-OH is 6. The van der Waals surface area contributed by atoms with Crippen LogP contribution in [-0.2, 0) is 14.3 Å². The maximum absolute atomic E-state index is 13.1. The van der Waals surface area contributed by atoms with Gasteiger partial charge in [-0.1, -0.05) is 226 Å². The molecule has 0 aliphatic carbocycles. The van der Waals surface area contributed by atoms with Gasteiger partial charge in [-0.25, -0.2) is 0 Å². The summed E-state index contributed by atoms with van der Waals surface area (Å²) in [6.07, 6.45) is 32.9. The number of carbonyl (C=O) groups excluding carboxylic acids is 1. The third-order valence-electron chi connectivity index (χ3n) is 12.3. The van der Waals surface area contributed by atoms with Crippen molar-refractivity contribution in [1.82, 2.24) is 5.32 Å². The van der Waals surface area contributed by atoms with Crippen molar-refractivity contribution >= 4 is 5.91 Å². The van der Waals surface area contributed by atoms with E-state index in [4.69, 9.17) is 9.47 Å².